The number of ether oxygens (including phenoxy) is 2. The van der Waals surface area contributed by atoms with Crippen molar-refractivity contribution in [2.75, 3.05) is 33.3 Å². The molecule has 4 rings (SSSR count). The smallest absolute Gasteiger partial charge is 0.254 e. The highest BCUT2D eigenvalue weighted by Crippen LogP contribution is 2.30. The Balaban J connectivity index is 1.42. The van der Waals surface area contributed by atoms with Gasteiger partial charge in [0, 0.05) is 31.7 Å². The zero-order chi connectivity index (χ0) is 24.3. The number of hydrogen-bond acceptors (Lipinski definition) is 7. The van der Waals surface area contributed by atoms with Gasteiger partial charge in [0.2, 0.25) is 10.0 Å². The van der Waals surface area contributed by atoms with E-state index in [4.69, 9.17) is 14.0 Å². The molecule has 1 saturated heterocycles. The van der Waals surface area contributed by atoms with Crippen molar-refractivity contribution >= 4 is 15.9 Å². The van der Waals surface area contributed by atoms with Crippen molar-refractivity contribution in [2.24, 2.45) is 0 Å². The van der Waals surface area contributed by atoms with Crippen LogP contribution in [0.4, 0.5) is 0 Å². The zero-order valence-electron chi connectivity index (χ0n) is 19.4. The van der Waals surface area contributed by atoms with Crippen molar-refractivity contribution in [1.29, 1.82) is 0 Å². The number of methoxy groups -OCH3 is 1. The monoisotopic (exact) mass is 485 g/mol. The van der Waals surface area contributed by atoms with E-state index in [0.717, 1.165) is 5.56 Å². The summed E-state index contributed by atoms with van der Waals surface area (Å²) in [5.74, 6) is 1.07. The van der Waals surface area contributed by atoms with Gasteiger partial charge in [-0.1, -0.05) is 35.5 Å². The van der Waals surface area contributed by atoms with Gasteiger partial charge in [0.15, 0.2) is 17.3 Å². The molecule has 180 valence electrons. The first-order valence-electron chi connectivity index (χ1n) is 10.9. The van der Waals surface area contributed by atoms with E-state index in [1.807, 2.05) is 30.3 Å². The lowest BCUT2D eigenvalue weighted by Gasteiger charge is -2.34. The number of aromatic nitrogens is 1. The highest BCUT2D eigenvalue weighted by atomic mass is 32.2. The molecule has 0 atom stereocenters. The molecule has 34 heavy (non-hydrogen) atoms. The predicted molar refractivity (Wildman–Crippen MR) is 124 cm³/mol. The molecule has 3 aromatic rings. The molecule has 1 aromatic heterocycles. The third kappa shape index (κ3) is 4.78. The molecule has 1 aliphatic rings. The average molecular weight is 486 g/mol. The number of hydrogen-bond donors (Lipinski definition) is 0. The normalized spacial score (nSPS) is 14.7. The van der Waals surface area contributed by atoms with Gasteiger partial charge in [-0.3, -0.25) is 4.79 Å². The lowest BCUT2D eigenvalue weighted by atomic mass is 10.1. The van der Waals surface area contributed by atoms with Crippen LogP contribution < -0.4 is 9.47 Å². The van der Waals surface area contributed by atoms with Gasteiger partial charge in [-0.25, -0.2) is 8.42 Å². The summed E-state index contributed by atoms with van der Waals surface area (Å²) in [5, 5.41) is 3.75. The summed E-state index contributed by atoms with van der Waals surface area (Å²) in [5.41, 5.74) is 1.80. The van der Waals surface area contributed by atoms with Gasteiger partial charge < -0.3 is 18.9 Å². The summed E-state index contributed by atoms with van der Waals surface area (Å²) in [7, 11) is -2.21. The molecule has 1 amide bonds. The number of nitrogens with zero attached hydrogens (tertiary/aromatic N) is 3. The Morgan fingerprint density at radius 2 is 1.74 bits per heavy atom. The SMILES string of the molecule is COc1cc(C(=O)N2CCN(S(=O)(=O)c3c(C)noc3C)CC2)ccc1OCc1ccccc1. The molecule has 0 radical (unpaired) electrons. The first-order chi connectivity index (χ1) is 16.3. The molecule has 0 spiro atoms. The van der Waals surface area contributed by atoms with Crippen LogP contribution in [0.2, 0.25) is 0 Å². The second-order valence-electron chi connectivity index (χ2n) is 7.99. The number of rotatable bonds is 7. The van der Waals surface area contributed by atoms with Crippen LogP contribution in [-0.2, 0) is 16.6 Å². The molecular formula is C24H27N3O6S. The van der Waals surface area contributed by atoms with Gasteiger partial charge in [-0.15, -0.1) is 0 Å². The molecule has 2 heterocycles. The molecule has 1 aliphatic heterocycles. The number of aryl methyl sites for hydroxylation is 2. The van der Waals surface area contributed by atoms with Crippen molar-refractivity contribution < 1.29 is 27.2 Å². The van der Waals surface area contributed by atoms with Crippen LogP contribution in [0.5, 0.6) is 11.5 Å². The van der Waals surface area contributed by atoms with E-state index in [9.17, 15) is 13.2 Å². The maximum absolute atomic E-state index is 13.1. The molecule has 0 unspecified atom stereocenters. The molecular weight excluding hydrogens is 458 g/mol. The predicted octanol–water partition coefficient (Wildman–Crippen LogP) is 3.03. The van der Waals surface area contributed by atoms with Crippen LogP contribution in [-0.4, -0.2) is 62.0 Å². The Morgan fingerprint density at radius 3 is 2.35 bits per heavy atom. The van der Waals surface area contributed by atoms with Gasteiger partial charge in [-0.05, 0) is 37.6 Å². The van der Waals surface area contributed by atoms with Gasteiger partial charge in [-0.2, -0.15) is 4.31 Å². The molecule has 0 N–H and O–H groups in total. The van der Waals surface area contributed by atoms with Crippen LogP contribution in [0.3, 0.4) is 0 Å². The molecule has 0 aliphatic carbocycles. The van der Waals surface area contributed by atoms with Crippen molar-refractivity contribution in [1.82, 2.24) is 14.4 Å². The van der Waals surface area contributed by atoms with Crippen LogP contribution in [0, 0.1) is 13.8 Å². The number of carbonyl (C=O) groups excluding carboxylic acids is 1. The maximum Gasteiger partial charge on any atom is 0.254 e. The number of carbonyl (C=O) groups is 1. The first-order valence-corrected chi connectivity index (χ1v) is 12.3. The Kier molecular flexibility index (Phi) is 6.90. The summed E-state index contributed by atoms with van der Waals surface area (Å²) in [4.78, 5) is 14.8. The summed E-state index contributed by atoms with van der Waals surface area (Å²) in [6.07, 6.45) is 0. The van der Waals surface area contributed by atoms with Crippen LogP contribution >= 0.6 is 0 Å². The molecule has 10 heteroatoms. The number of benzene rings is 2. The second kappa shape index (κ2) is 9.86. The van der Waals surface area contributed by atoms with Crippen molar-refractivity contribution in [3.05, 3.63) is 71.1 Å². The fourth-order valence-corrected chi connectivity index (χ4v) is 5.65. The van der Waals surface area contributed by atoms with E-state index in [2.05, 4.69) is 5.16 Å². The van der Waals surface area contributed by atoms with Gasteiger partial charge in [0.25, 0.3) is 5.91 Å². The lowest BCUT2D eigenvalue weighted by Crippen LogP contribution is -2.50. The van der Waals surface area contributed by atoms with Crippen LogP contribution in [0.15, 0.2) is 57.9 Å². The average Bonchev–Trinajstić information content (AvgIpc) is 3.21. The van der Waals surface area contributed by atoms with Gasteiger partial charge in [0.05, 0.1) is 7.11 Å². The van der Waals surface area contributed by atoms with Crippen molar-refractivity contribution in [3.8, 4) is 11.5 Å². The molecule has 0 saturated carbocycles. The highest BCUT2D eigenvalue weighted by Gasteiger charge is 2.34. The van der Waals surface area contributed by atoms with Gasteiger partial charge >= 0.3 is 0 Å². The Morgan fingerprint density at radius 1 is 1.03 bits per heavy atom. The number of sulfonamides is 1. The molecule has 1 fully saturated rings. The van der Waals surface area contributed by atoms with Crippen LogP contribution in [0.25, 0.3) is 0 Å². The highest BCUT2D eigenvalue weighted by molar-refractivity contribution is 7.89. The van der Waals surface area contributed by atoms with E-state index in [-0.39, 0.29) is 42.7 Å². The summed E-state index contributed by atoms with van der Waals surface area (Å²) < 4.78 is 43.7. The van der Waals surface area contributed by atoms with E-state index < -0.39 is 10.0 Å². The molecule has 0 bridgehead atoms. The lowest BCUT2D eigenvalue weighted by molar-refractivity contribution is 0.0697. The topological polar surface area (TPSA) is 102 Å². The number of amides is 1. The van der Waals surface area contributed by atoms with Crippen molar-refractivity contribution in [2.45, 2.75) is 25.3 Å². The number of piperazine rings is 1. The third-order valence-corrected chi connectivity index (χ3v) is 7.88. The van der Waals surface area contributed by atoms with Gasteiger partial charge in [0.1, 0.15) is 17.2 Å². The van der Waals surface area contributed by atoms with Crippen LogP contribution in [0.1, 0.15) is 27.4 Å². The van der Waals surface area contributed by atoms with E-state index in [1.54, 1.807) is 36.9 Å². The molecule has 9 nitrogen and oxygen atoms in total. The fraction of sp³-hybridized carbons (Fsp3) is 0.333. The Labute approximate surface area is 198 Å². The maximum atomic E-state index is 13.1. The largest absolute Gasteiger partial charge is 0.493 e. The quantitative estimate of drug-likeness (QED) is 0.507. The van der Waals surface area contributed by atoms with E-state index >= 15 is 0 Å². The summed E-state index contributed by atoms with van der Waals surface area (Å²) >= 11 is 0. The van der Waals surface area contributed by atoms with Crippen molar-refractivity contribution in [3.63, 3.8) is 0 Å². The fourth-order valence-electron chi connectivity index (χ4n) is 3.94. The van der Waals surface area contributed by atoms with E-state index in [0.29, 0.717) is 29.4 Å². The Hall–Kier alpha value is -3.37. The standard InChI is InChI=1S/C24H27N3O6S/c1-17-23(18(2)33-25-17)34(29,30)27-13-11-26(12-14-27)24(28)20-9-10-21(22(15-20)31-3)32-16-19-7-5-4-6-8-19/h4-10,15H,11-14,16H2,1-3H3. The zero-order valence-corrected chi connectivity index (χ0v) is 20.2. The third-order valence-electron chi connectivity index (χ3n) is 5.74. The first kappa shape index (κ1) is 23.8. The minimum Gasteiger partial charge on any atom is -0.493 e. The summed E-state index contributed by atoms with van der Waals surface area (Å²) in [6, 6.07) is 14.8. The van der Waals surface area contributed by atoms with E-state index in [1.165, 1.54) is 11.4 Å². The second-order valence-corrected chi connectivity index (χ2v) is 9.86. The summed E-state index contributed by atoms with van der Waals surface area (Å²) in [6.45, 7) is 4.48. The minimum atomic E-state index is -3.74. The minimum absolute atomic E-state index is 0.100. The molecule has 2 aromatic carbocycles. The Bertz CT molecular complexity index is 1250.